The Morgan fingerprint density at radius 1 is 1.10 bits per heavy atom. The van der Waals surface area contributed by atoms with Gasteiger partial charge in [0.15, 0.2) is 0 Å². The van der Waals surface area contributed by atoms with Crippen molar-refractivity contribution in [2.45, 2.75) is 44.4 Å². The van der Waals surface area contributed by atoms with Crippen LogP contribution in [0.15, 0.2) is 66.1 Å². The normalized spacial score (nSPS) is 11.8. The first-order valence-electron chi connectivity index (χ1n) is 9.31. The Hall–Kier alpha value is -2.48. The highest BCUT2D eigenvalue weighted by Gasteiger charge is 2.16. The zero-order chi connectivity index (χ0) is 21.5. The molecular formula is C22H28N2O4S. The molecule has 0 aliphatic carbocycles. The second-order valence-corrected chi connectivity index (χ2v) is 9.34. The van der Waals surface area contributed by atoms with E-state index in [-0.39, 0.29) is 28.5 Å². The van der Waals surface area contributed by atoms with Crippen molar-refractivity contribution >= 4 is 15.9 Å². The van der Waals surface area contributed by atoms with Crippen LogP contribution in [0, 0.1) is 0 Å². The summed E-state index contributed by atoms with van der Waals surface area (Å²) in [6, 6.07) is 13.5. The summed E-state index contributed by atoms with van der Waals surface area (Å²) in [6.07, 6.45) is 1.56. The van der Waals surface area contributed by atoms with E-state index in [2.05, 4.69) is 16.6 Å². The van der Waals surface area contributed by atoms with Gasteiger partial charge in [0.1, 0.15) is 0 Å². The van der Waals surface area contributed by atoms with E-state index in [0.29, 0.717) is 13.2 Å². The van der Waals surface area contributed by atoms with Gasteiger partial charge in [-0.3, -0.25) is 4.79 Å². The van der Waals surface area contributed by atoms with E-state index in [4.69, 9.17) is 4.74 Å². The van der Waals surface area contributed by atoms with Crippen molar-refractivity contribution in [3.8, 4) is 0 Å². The van der Waals surface area contributed by atoms with Crippen molar-refractivity contribution in [3.63, 3.8) is 0 Å². The van der Waals surface area contributed by atoms with Crippen LogP contribution in [-0.4, -0.2) is 26.5 Å². The van der Waals surface area contributed by atoms with Crippen molar-refractivity contribution in [3.05, 3.63) is 77.9 Å². The number of hydrogen-bond donors (Lipinski definition) is 2. The highest BCUT2D eigenvalue weighted by molar-refractivity contribution is 7.89. The molecule has 1 amide bonds. The Labute approximate surface area is 173 Å². The molecule has 156 valence electrons. The van der Waals surface area contributed by atoms with Crippen molar-refractivity contribution in [1.82, 2.24) is 10.0 Å². The minimum absolute atomic E-state index is 0.0379. The lowest BCUT2D eigenvalue weighted by molar-refractivity contribution is -0.0149. The second kappa shape index (κ2) is 9.82. The van der Waals surface area contributed by atoms with Gasteiger partial charge in [0.25, 0.3) is 5.91 Å². The van der Waals surface area contributed by atoms with Crippen molar-refractivity contribution in [2.24, 2.45) is 0 Å². The molecule has 0 saturated carbocycles. The predicted molar refractivity (Wildman–Crippen MR) is 114 cm³/mol. The number of benzene rings is 2. The van der Waals surface area contributed by atoms with Crippen LogP contribution >= 0.6 is 0 Å². The van der Waals surface area contributed by atoms with Gasteiger partial charge in [0, 0.05) is 18.7 Å². The van der Waals surface area contributed by atoms with Crippen LogP contribution < -0.4 is 10.0 Å². The highest BCUT2D eigenvalue weighted by atomic mass is 32.2. The van der Waals surface area contributed by atoms with E-state index in [1.807, 2.05) is 45.0 Å². The number of rotatable bonds is 9. The topological polar surface area (TPSA) is 84.5 Å². The number of carbonyl (C=O) groups is 1. The molecule has 0 saturated heterocycles. The molecular weight excluding hydrogens is 388 g/mol. The van der Waals surface area contributed by atoms with E-state index in [0.717, 1.165) is 11.1 Å². The molecule has 0 fully saturated rings. The van der Waals surface area contributed by atoms with Crippen molar-refractivity contribution in [2.75, 3.05) is 6.54 Å². The molecule has 0 aliphatic rings. The maximum atomic E-state index is 12.7. The summed E-state index contributed by atoms with van der Waals surface area (Å²) in [6.45, 7) is 10.4. The van der Waals surface area contributed by atoms with Crippen LogP contribution in [0.1, 0.15) is 42.3 Å². The lowest BCUT2D eigenvalue weighted by Crippen LogP contribution is -2.25. The number of hydrogen-bond acceptors (Lipinski definition) is 4. The molecule has 0 atom stereocenters. The highest BCUT2D eigenvalue weighted by Crippen LogP contribution is 2.15. The van der Waals surface area contributed by atoms with Gasteiger partial charge in [-0.15, -0.1) is 6.58 Å². The Morgan fingerprint density at radius 2 is 1.79 bits per heavy atom. The third kappa shape index (κ3) is 7.45. The van der Waals surface area contributed by atoms with Gasteiger partial charge < -0.3 is 10.1 Å². The molecule has 0 spiro atoms. The van der Waals surface area contributed by atoms with E-state index < -0.39 is 10.0 Å². The lowest BCUT2D eigenvalue weighted by atomic mass is 10.1. The lowest BCUT2D eigenvalue weighted by Gasteiger charge is -2.19. The molecule has 6 nitrogen and oxygen atoms in total. The zero-order valence-electron chi connectivity index (χ0n) is 17.1. The average Bonchev–Trinajstić information content (AvgIpc) is 2.69. The van der Waals surface area contributed by atoms with Crippen LogP contribution in [0.4, 0.5) is 0 Å². The van der Waals surface area contributed by atoms with E-state index in [1.54, 1.807) is 18.2 Å². The third-order valence-corrected chi connectivity index (χ3v) is 5.34. The molecule has 2 N–H and O–H groups in total. The molecule has 2 aromatic rings. The molecule has 0 radical (unpaired) electrons. The zero-order valence-corrected chi connectivity index (χ0v) is 17.9. The standard InChI is InChI=1S/C22H28N2O4S/c1-5-12-23-21(25)19-10-7-11-20(14-19)29(26,27)24-15-17-8-6-9-18(13-17)16-28-22(2,3)4/h5-11,13-14,24H,1,12,15-16H2,2-4H3,(H,23,25). The Morgan fingerprint density at radius 3 is 2.48 bits per heavy atom. The van der Waals surface area contributed by atoms with Gasteiger partial charge in [0.05, 0.1) is 17.1 Å². The van der Waals surface area contributed by atoms with Gasteiger partial charge in [-0.05, 0) is 50.1 Å². The number of sulfonamides is 1. The monoisotopic (exact) mass is 416 g/mol. The summed E-state index contributed by atoms with van der Waals surface area (Å²) < 4.78 is 33.7. The fourth-order valence-corrected chi connectivity index (χ4v) is 3.53. The Kier molecular flexibility index (Phi) is 7.73. The van der Waals surface area contributed by atoms with E-state index >= 15 is 0 Å². The number of amides is 1. The summed E-state index contributed by atoms with van der Waals surface area (Å²) in [5, 5.41) is 2.63. The van der Waals surface area contributed by atoms with Gasteiger partial charge in [-0.1, -0.05) is 36.4 Å². The third-order valence-electron chi connectivity index (χ3n) is 3.94. The smallest absolute Gasteiger partial charge is 0.251 e. The minimum atomic E-state index is -3.76. The molecule has 0 bridgehead atoms. The average molecular weight is 417 g/mol. The quantitative estimate of drug-likeness (QED) is 0.614. The SMILES string of the molecule is C=CCNC(=O)c1cccc(S(=O)(=O)NCc2cccc(COC(C)(C)C)c2)c1. The second-order valence-electron chi connectivity index (χ2n) is 7.57. The summed E-state index contributed by atoms with van der Waals surface area (Å²) >= 11 is 0. The van der Waals surface area contributed by atoms with Crippen LogP contribution in [0.3, 0.4) is 0 Å². The molecule has 0 aliphatic heterocycles. The molecule has 29 heavy (non-hydrogen) atoms. The number of nitrogens with one attached hydrogen (secondary N) is 2. The first-order chi connectivity index (χ1) is 13.6. The van der Waals surface area contributed by atoms with Gasteiger partial charge in [-0.2, -0.15) is 0 Å². The summed E-state index contributed by atoms with van der Waals surface area (Å²) in [5.74, 6) is -0.353. The van der Waals surface area contributed by atoms with Crippen LogP contribution in [0.2, 0.25) is 0 Å². The van der Waals surface area contributed by atoms with Crippen molar-refractivity contribution < 1.29 is 17.9 Å². The maximum Gasteiger partial charge on any atom is 0.251 e. The minimum Gasteiger partial charge on any atom is -0.371 e. The fraction of sp³-hybridized carbons (Fsp3) is 0.318. The molecule has 2 aromatic carbocycles. The first kappa shape index (κ1) is 22.8. The van der Waals surface area contributed by atoms with Crippen LogP contribution in [-0.2, 0) is 27.9 Å². The Bertz CT molecular complexity index is 963. The molecule has 0 aromatic heterocycles. The molecule has 2 rings (SSSR count). The largest absolute Gasteiger partial charge is 0.371 e. The number of carbonyl (C=O) groups excluding carboxylic acids is 1. The summed E-state index contributed by atoms with van der Waals surface area (Å²) in [7, 11) is -3.76. The van der Waals surface area contributed by atoms with E-state index in [9.17, 15) is 13.2 Å². The predicted octanol–water partition coefficient (Wildman–Crippen LogP) is 3.40. The van der Waals surface area contributed by atoms with Crippen LogP contribution in [0.5, 0.6) is 0 Å². The molecule has 7 heteroatoms. The maximum absolute atomic E-state index is 12.7. The first-order valence-corrected chi connectivity index (χ1v) is 10.8. The van der Waals surface area contributed by atoms with Crippen LogP contribution in [0.25, 0.3) is 0 Å². The fourth-order valence-electron chi connectivity index (χ4n) is 2.46. The van der Waals surface area contributed by atoms with Gasteiger partial charge in [0.2, 0.25) is 10.0 Å². The van der Waals surface area contributed by atoms with E-state index in [1.165, 1.54) is 12.1 Å². The molecule has 0 heterocycles. The van der Waals surface area contributed by atoms with Gasteiger partial charge in [-0.25, -0.2) is 13.1 Å². The summed E-state index contributed by atoms with van der Waals surface area (Å²) in [4.78, 5) is 12.1. The number of ether oxygens (including phenoxy) is 1. The van der Waals surface area contributed by atoms with Gasteiger partial charge >= 0.3 is 0 Å². The molecule has 0 unspecified atom stereocenters. The van der Waals surface area contributed by atoms with Crippen molar-refractivity contribution in [1.29, 1.82) is 0 Å². The Balaban J connectivity index is 2.07. The summed E-state index contributed by atoms with van der Waals surface area (Å²) in [5.41, 5.74) is 1.82.